The first-order valence-corrected chi connectivity index (χ1v) is 8.70. The van der Waals surface area contributed by atoms with Gasteiger partial charge in [-0.15, -0.1) is 0 Å². The molecular formula is C19H20ClN3S. The van der Waals surface area contributed by atoms with Crippen molar-refractivity contribution in [3.05, 3.63) is 64.3 Å². The van der Waals surface area contributed by atoms with Gasteiger partial charge < -0.3 is 15.6 Å². The van der Waals surface area contributed by atoms with Crippen molar-refractivity contribution in [3.8, 4) is 0 Å². The Morgan fingerprint density at radius 1 is 1.17 bits per heavy atom. The lowest BCUT2D eigenvalue weighted by Gasteiger charge is -2.11. The highest BCUT2D eigenvalue weighted by Crippen LogP contribution is 2.25. The van der Waals surface area contributed by atoms with Crippen LogP contribution in [0.15, 0.2) is 42.5 Å². The molecule has 0 aliphatic rings. The Bertz CT molecular complexity index is 885. The molecule has 0 atom stereocenters. The smallest absolute Gasteiger partial charge is 0.170 e. The van der Waals surface area contributed by atoms with Crippen molar-refractivity contribution in [1.82, 2.24) is 10.3 Å². The van der Waals surface area contributed by atoms with E-state index in [1.807, 2.05) is 30.3 Å². The molecule has 0 radical (unpaired) electrons. The Kier molecular flexibility index (Phi) is 5.07. The van der Waals surface area contributed by atoms with E-state index >= 15 is 0 Å². The molecular weight excluding hydrogens is 338 g/mol. The maximum absolute atomic E-state index is 6.13. The van der Waals surface area contributed by atoms with Gasteiger partial charge in [-0.05, 0) is 73.9 Å². The Balaban J connectivity index is 1.61. The molecule has 2 aromatic carbocycles. The normalized spacial score (nSPS) is 10.8. The minimum absolute atomic E-state index is 0.635. The fourth-order valence-corrected chi connectivity index (χ4v) is 3.27. The summed E-state index contributed by atoms with van der Waals surface area (Å²) in [6.07, 6.45) is 0.877. The molecule has 0 spiro atoms. The van der Waals surface area contributed by atoms with E-state index in [1.54, 1.807) is 0 Å². The predicted octanol–water partition coefficient (Wildman–Crippen LogP) is 4.97. The fourth-order valence-electron chi connectivity index (χ4n) is 2.88. The molecule has 3 aromatic rings. The minimum atomic E-state index is 0.635. The minimum Gasteiger partial charge on any atom is -0.362 e. The molecule has 5 heteroatoms. The SMILES string of the molecule is Cc1cccc(NC(=S)NCCc2c(C)[nH]c3ccc(Cl)cc23)c1. The zero-order valence-corrected chi connectivity index (χ0v) is 15.3. The van der Waals surface area contributed by atoms with Crippen LogP contribution in [0.4, 0.5) is 5.69 Å². The zero-order valence-electron chi connectivity index (χ0n) is 13.7. The van der Waals surface area contributed by atoms with E-state index in [1.165, 1.54) is 22.2 Å². The number of halogens is 1. The standard InChI is InChI=1S/C19H20ClN3S/c1-12-4-3-5-15(10-12)23-19(24)21-9-8-16-13(2)22-18-7-6-14(20)11-17(16)18/h3-7,10-11,22H,8-9H2,1-2H3,(H2,21,23,24). The van der Waals surface area contributed by atoms with Gasteiger partial charge in [0.15, 0.2) is 5.11 Å². The van der Waals surface area contributed by atoms with Crippen molar-refractivity contribution in [2.24, 2.45) is 0 Å². The van der Waals surface area contributed by atoms with Crippen LogP contribution < -0.4 is 10.6 Å². The first-order valence-electron chi connectivity index (χ1n) is 7.91. The molecule has 0 bridgehead atoms. The summed E-state index contributed by atoms with van der Waals surface area (Å²) in [5.74, 6) is 0. The van der Waals surface area contributed by atoms with E-state index < -0.39 is 0 Å². The van der Waals surface area contributed by atoms with Gasteiger partial charge in [-0.2, -0.15) is 0 Å². The average Bonchev–Trinajstić information content (AvgIpc) is 2.83. The van der Waals surface area contributed by atoms with Crippen LogP contribution in [0, 0.1) is 13.8 Å². The van der Waals surface area contributed by atoms with Crippen molar-refractivity contribution in [2.45, 2.75) is 20.3 Å². The maximum Gasteiger partial charge on any atom is 0.170 e. The molecule has 0 saturated carbocycles. The third kappa shape index (κ3) is 3.89. The molecule has 0 fully saturated rings. The van der Waals surface area contributed by atoms with E-state index in [0.29, 0.717) is 5.11 Å². The zero-order chi connectivity index (χ0) is 17.1. The molecule has 3 N–H and O–H groups in total. The molecule has 24 heavy (non-hydrogen) atoms. The highest BCUT2D eigenvalue weighted by molar-refractivity contribution is 7.80. The van der Waals surface area contributed by atoms with Gasteiger partial charge in [0.1, 0.15) is 0 Å². The third-order valence-corrected chi connectivity index (χ3v) is 4.50. The molecule has 3 rings (SSSR count). The topological polar surface area (TPSA) is 39.8 Å². The number of benzene rings is 2. The van der Waals surface area contributed by atoms with E-state index in [-0.39, 0.29) is 0 Å². The number of H-pyrrole nitrogens is 1. The van der Waals surface area contributed by atoms with Gasteiger partial charge in [0.2, 0.25) is 0 Å². The van der Waals surface area contributed by atoms with Gasteiger partial charge in [0.05, 0.1) is 0 Å². The van der Waals surface area contributed by atoms with E-state index in [4.69, 9.17) is 23.8 Å². The molecule has 0 amide bonds. The average molecular weight is 358 g/mol. The van der Waals surface area contributed by atoms with E-state index in [0.717, 1.165) is 29.2 Å². The van der Waals surface area contributed by atoms with Gasteiger partial charge >= 0.3 is 0 Å². The number of aromatic amines is 1. The van der Waals surface area contributed by atoms with Gasteiger partial charge in [0, 0.05) is 33.9 Å². The van der Waals surface area contributed by atoms with Crippen molar-refractivity contribution >= 4 is 45.5 Å². The lowest BCUT2D eigenvalue weighted by atomic mass is 10.1. The third-order valence-electron chi connectivity index (χ3n) is 4.02. The lowest BCUT2D eigenvalue weighted by molar-refractivity contribution is 0.871. The lowest BCUT2D eigenvalue weighted by Crippen LogP contribution is -2.30. The number of aromatic nitrogens is 1. The number of hydrogen-bond acceptors (Lipinski definition) is 1. The van der Waals surface area contributed by atoms with Gasteiger partial charge in [-0.25, -0.2) is 0 Å². The van der Waals surface area contributed by atoms with Gasteiger partial charge in [0.25, 0.3) is 0 Å². The molecule has 1 aromatic heterocycles. The maximum atomic E-state index is 6.13. The number of thiocarbonyl (C=S) groups is 1. The fraction of sp³-hybridized carbons (Fsp3) is 0.211. The van der Waals surface area contributed by atoms with Crippen LogP contribution in [-0.4, -0.2) is 16.6 Å². The van der Waals surface area contributed by atoms with Crippen molar-refractivity contribution in [2.75, 3.05) is 11.9 Å². The van der Waals surface area contributed by atoms with Crippen LogP contribution in [0.1, 0.15) is 16.8 Å². The van der Waals surface area contributed by atoms with E-state index in [9.17, 15) is 0 Å². The van der Waals surface area contributed by atoms with Crippen LogP contribution in [0.3, 0.4) is 0 Å². The summed E-state index contributed by atoms with van der Waals surface area (Å²) in [6, 6.07) is 14.1. The molecule has 0 unspecified atom stereocenters. The summed E-state index contributed by atoms with van der Waals surface area (Å²) < 4.78 is 0. The highest BCUT2D eigenvalue weighted by Gasteiger charge is 2.09. The van der Waals surface area contributed by atoms with Crippen LogP contribution in [0.2, 0.25) is 5.02 Å². The van der Waals surface area contributed by atoms with E-state index in [2.05, 4.69) is 41.6 Å². The molecule has 3 nitrogen and oxygen atoms in total. The summed E-state index contributed by atoms with van der Waals surface area (Å²) >= 11 is 11.5. The Morgan fingerprint density at radius 2 is 2.00 bits per heavy atom. The Hall–Kier alpha value is -2.04. The number of aryl methyl sites for hydroxylation is 2. The molecule has 0 aliphatic heterocycles. The van der Waals surface area contributed by atoms with Crippen LogP contribution >= 0.6 is 23.8 Å². The van der Waals surface area contributed by atoms with Crippen LogP contribution in [0.25, 0.3) is 10.9 Å². The van der Waals surface area contributed by atoms with Gasteiger partial charge in [-0.3, -0.25) is 0 Å². The van der Waals surface area contributed by atoms with Gasteiger partial charge in [-0.1, -0.05) is 23.7 Å². The number of rotatable bonds is 4. The summed E-state index contributed by atoms with van der Waals surface area (Å²) in [7, 11) is 0. The van der Waals surface area contributed by atoms with Crippen molar-refractivity contribution in [3.63, 3.8) is 0 Å². The Labute approximate surface area is 152 Å². The van der Waals surface area contributed by atoms with Crippen LogP contribution in [0.5, 0.6) is 0 Å². The molecule has 0 saturated heterocycles. The number of fused-ring (bicyclic) bond motifs is 1. The monoisotopic (exact) mass is 357 g/mol. The molecule has 0 aliphatic carbocycles. The number of anilines is 1. The molecule has 1 heterocycles. The first kappa shape index (κ1) is 16.8. The predicted molar refractivity (Wildman–Crippen MR) is 107 cm³/mol. The summed E-state index contributed by atoms with van der Waals surface area (Å²) in [5, 5.41) is 9.06. The summed E-state index contributed by atoms with van der Waals surface area (Å²) in [6.45, 7) is 4.91. The number of nitrogens with one attached hydrogen (secondary N) is 3. The summed E-state index contributed by atoms with van der Waals surface area (Å²) in [4.78, 5) is 3.40. The van der Waals surface area contributed by atoms with Crippen molar-refractivity contribution in [1.29, 1.82) is 0 Å². The quantitative estimate of drug-likeness (QED) is 0.577. The Morgan fingerprint density at radius 3 is 2.79 bits per heavy atom. The second kappa shape index (κ2) is 7.24. The highest BCUT2D eigenvalue weighted by atomic mass is 35.5. The summed E-state index contributed by atoms with van der Waals surface area (Å²) in [5.41, 5.74) is 5.77. The first-order chi connectivity index (χ1) is 11.5. The second-order valence-corrected chi connectivity index (χ2v) is 6.76. The van der Waals surface area contributed by atoms with Crippen molar-refractivity contribution < 1.29 is 0 Å². The second-order valence-electron chi connectivity index (χ2n) is 5.92. The molecule has 124 valence electrons. The van der Waals surface area contributed by atoms with Crippen LogP contribution in [-0.2, 0) is 6.42 Å². The number of hydrogen-bond donors (Lipinski definition) is 3. The largest absolute Gasteiger partial charge is 0.362 e.